The minimum atomic E-state index is 0.549. The first kappa shape index (κ1) is 18.7. The third-order valence-corrected chi connectivity index (χ3v) is 4.55. The highest BCUT2D eigenvalue weighted by Gasteiger charge is 2.25. The summed E-state index contributed by atoms with van der Waals surface area (Å²) in [7, 11) is 4.11. The summed E-state index contributed by atoms with van der Waals surface area (Å²) in [5.74, 6) is 0.549. The summed E-state index contributed by atoms with van der Waals surface area (Å²) in [5, 5.41) is 4.59. The summed E-state index contributed by atoms with van der Waals surface area (Å²) in [6, 6.07) is 10.6. The van der Waals surface area contributed by atoms with E-state index in [-0.39, 0.29) is 0 Å². The van der Waals surface area contributed by atoms with Crippen LogP contribution in [0, 0.1) is 5.92 Å². The topological polar surface area (TPSA) is 24.8 Å². The lowest BCUT2D eigenvalue weighted by Crippen LogP contribution is -2.23. The van der Waals surface area contributed by atoms with Gasteiger partial charge in [-0.05, 0) is 57.0 Å². The molecule has 24 heavy (non-hydrogen) atoms. The third-order valence-electron chi connectivity index (χ3n) is 4.55. The molecule has 1 fully saturated rings. The fraction of sp³-hybridized carbons (Fsp3) is 0.571. The van der Waals surface area contributed by atoms with E-state index in [4.69, 9.17) is 4.84 Å². The van der Waals surface area contributed by atoms with Crippen LogP contribution >= 0.6 is 0 Å². The van der Waals surface area contributed by atoms with Crippen LogP contribution in [0.25, 0.3) is 6.08 Å². The van der Waals surface area contributed by atoms with Gasteiger partial charge in [-0.2, -0.15) is 0 Å². The summed E-state index contributed by atoms with van der Waals surface area (Å²) in [6.45, 7) is 3.80. The fourth-order valence-electron chi connectivity index (χ4n) is 3.17. The highest BCUT2D eigenvalue weighted by Crippen LogP contribution is 2.31. The van der Waals surface area contributed by atoms with E-state index in [1.54, 1.807) is 0 Å². The molecule has 1 aromatic carbocycles. The van der Waals surface area contributed by atoms with Crippen LogP contribution in [-0.2, 0) is 4.84 Å². The van der Waals surface area contributed by atoms with Crippen LogP contribution < -0.4 is 0 Å². The van der Waals surface area contributed by atoms with Crippen molar-refractivity contribution >= 4 is 11.8 Å². The van der Waals surface area contributed by atoms with Crippen molar-refractivity contribution in [3.63, 3.8) is 0 Å². The maximum atomic E-state index is 5.67. The number of benzene rings is 1. The van der Waals surface area contributed by atoms with Gasteiger partial charge in [-0.1, -0.05) is 55.3 Å². The van der Waals surface area contributed by atoms with Crippen LogP contribution in [0.3, 0.4) is 0 Å². The van der Waals surface area contributed by atoms with Crippen molar-refractivity contribution < 1.29 is 4.84 Å². The molecule has 0 radical (unpaired) electrons. The van der Waals surface area contributed by atoms with Gasteiger partial charge in [0.1, 0.15) is 6.61 Å². The van der Waals surface area contributed by atoms with E-state index in [9.17, 15) is 0 Å². The molecule has 0 aliphatic heterocycles. The maximum Gasteiger partial charge on any atom is 0.129 e. The van der Waals surface area contributed by atoms with E-state index in [2.05, 4.69) is 67.5 Å². The molecular weight excluding hydrogens is 296 g/mol. The molecule has 0 heterocycles. The van der Waals surface area contributed by atoms with E-state index in [0.29, 0.717) is 12.5 Å². The first-order valence-corrected chi connectivity index (χ1v) is 9.31. The predicted molar refractivity (Wildman–Crippen MR) is 103 cm³/mol. The number of hydrogen-bond donors (Lipinski definition) is 0. The van der Waals surface area contributed by atoms with Crippen LogP contribution in [0.4, 0.5) is 0 Å². The Morgan fingerprint density at radius 3 is 2.75 bits per heavy atom. The molecule has 1 atom stereocenters. The average Bonchev–Trinajstić information content (AvgIpc) is 2.59. The molecule has 1 saturated carbocycles. The SMILES string of the molecule is CCCCC1CCCC(=C\c2ccccc2)/C1=N/OCCN(C)C. The molecule has 132 valence electrons. The van der Waals surface area contributed by atoms with Gasteiger partial charge in [-0.15, -0.1) is 0 Å². The lowest BCUT2D eigenvalue weighted by Gasteiger charge is -2.26. The minimum Gasteiger partial charge on any atom is -0.394 e. The van der Waals surface area contributed by atoms with Crippen molar-refractivity contribution in [2.45, 2.75) is 45.4 Å². The fourth-order valence-corrected chi connectivity index (χ4v) is 3.17. The van der Waals surface area contributed by atoms with Gasteiger partial charge in [0, 0.05) is 12.5 Å². The molecular formula is C21H32N2O. The Balaban J connectivity index is 2.15. The standard InChI is InChI=1S/C21H32N2O/c1-4-5-12-19-13-9-14-20(17-18-10-7-6-8-11-18)21(19)22-24-16-15-23(2)3/h6-8,10-11,17,19H,4-5,9,12-16H2,1-3H3/b20-17+,22-21+. The van der Waals surface area contributed by atoms with E-state index in [1.165, 1.54) is 49.0 Å². The van der Waals surface area contributed by atoms with Crippen molar-refractivity contribution in [3.05, 3.63) is 41.5 Å². The normalized spacial score (nSPS) is 21.6. The molecule has 1 unspecified atom stereocenters. The van der Waals surface area contributed by atoms with Gasteiger partial charge in [0.15, 0.2) is 0 Å². The van der Waals surface area contributed by atoms with Crippen molar-refractivity contribution in [1.82, 2.24) is 4.90 Å². The van der Waals surface area contributed by atoms with Crippen LogP contribution in [0.15, 0.2) is 41.1 Å². The Hall–Kier alpha value is -1.61. The second kappa shape index (κ2) is 10.3. The van der Waals surface area contributed by atoms with Gasteiger partial charge < -0.3 is 9.74 Å². The molecule has 1 aliphatic rings. The summed E-state index contributed by atoms with van der Waals surface area (Å²) in [4.78, 5) is 7.79. The van der Waals surface area contributed by atoms with Gasteiger partial charge in [-0.25, -0.2) is 0 Å². The van der Waals surface area contributed by atoms with Crippen LogP contribution in [0.5, 0.6) is 0 Å². The predicted octanol–water partition coefficient (Wildman–Crippen LogP) is 4.99. The first-order valence-electron chi connectivity index (χ1n) is 9.31. The molecule has 2 rings (SSSR count). The zero-order valence-electron chi connectivity index (χ0n) is 15.5. The summed E-state index contributed by atoms with van der Waals surface area (Å²) >= 11 is 0. The van der Waals surface area contributed by atoms with Crippen molar-refractivity contribution in [1.29, 1.82) is 0 Å². The number of unbranched alkanes of at least 4 members (excludes halogenated alkanes) is 1. The molecule has 0 saturated heterocycles. The molecule has 3 nitrogen and oxygen atoms in total. The molecule has 0 amide bonds. The second-order valence-corrected chi connectivity index (χ2v) is 6.92. The number of rotatable bonds is 8. The Kier molecular flexibility index (Phi) is 8.03. The number of hydrogen-bond acceptors (Lipinski definition) is 3. The molecule has 0 bridgehead atoms. The molecule has 0 aromatic heterocycles. The van der Waals surface area contributed by atoms with Gasteiger partial charge in [0.2, 0.25) is 0 Å². The van der Waals surface area contributed by atoms with Crippen molar-refractivity contribution in [3.8, 4) is 0 Å². The number of likely N-dealkylation sites (N-methyl/N-ethyl adjacent to an activating group) is 1. The maximum absolute atomic E-state index is 5.67. The van der Waals surface area contributed by atoms with Crippen molar-refractivity contribution in [2.24, 2.45) is 11.1 Å². The summed E-state index contributed by atoms with van der Waals surface area (Å²) < 4.78 is 0. The largest absolute Gasteiger partial charge is 0.394 e. The quantitative estimate of drug-likeness (QED) is 0.496. The number of oxime groups is 1. The van der Waals surface area contributed by atoms with Gasteiger partial charge in [-0.3, -0.25) is 0 Å². The van der Waals surface area contributed by atoms with Crippen molar-refractivity contribution in [2.75, 3.05) is 27.2 Å². The smallest absolute Gasteiger partial charge is 0.129 e. The number of allylic oxidation sites excluding steroid dienone is 1. The Morgan fingerprint density at radius 2 is 2.04 bits per heavy atom. The second-order valence-electron chi connectivity index (χ2n) is 6.92. The van der Waals surface area contributed by atoms with Gasteiger partial charge >= 0.3 is 0 Å². The molecule has 0 N–H and O–H groups in total. The Labute approximate surface area is 147 Å². The molecule has 1 aromatic rings. The minimum absolute atomic E-state index is 0.549. The van der Waals surface area contributed by atoms with E-state index >= 15 is 0 Å². The van der Waals surface area contributed by atoms with Gasteiger partial charge in [0.05, 0.1) is 5.71 Å². The highest BCUT2D eigenvalue weighted by molar-refractivity contribution is 6.05. The van der Waals surface area contributed by atoms with Crippen LogP contribution in [0.2, 0.25) is 0 Å². The first-order chi connectivity index (χ1) is 11.7. The summed E-state index contributed by atoms with van der Waals surface area (Å²) in [5.41, 5.74) is 3.81. The third kappa shape index (κ3) is 6.12. The Morgan fingerprint density at radius 1 is 1.25 bits per heavy atom. The number of nitrogens with zero attached hydrogens (tertiary/aromatic N) is 2. The average molecular weight is 329 g/mol. The van der Waals surface area contributed by atoms with Gasteiger partial charge in [0.25, 0.3) is 0 Å². The summed E-state index contributed by atoms with van der Waals surface area (Å²) in [6.07, 6.45) is 9.62. The monoisotopic (exact) mass is 328 g/mol. The highest BCUT2D eigenvalue weighted by atomic mass is 16.6. The lowest BCUT2D eigenvalue weighted by atomic mass is 9.80. The van der Waals surface area contributed by atoms with Crippen LogP contribution in [0.1, 0.15) is 51.0 Å². The lowest BCUT2D eigenvalue weighted by molar-refractivity contribution is 0.124. The Bertz CT molecular complexity index is 534. The van der Waals surface area contributed by atoms with Crippen LogP contribution in [-0.4, -0.2) is 37.9 Å². The molecule has 1 aliphatic carbocycles. The van der Waals surface area contributed by atoms with E-state index < -0.39 is 0 Å². The van der Waals surface area contributed by atoms with E-state index in [1.807, 2.05) is 0 Å². The zero-order valence-corrected chi connectivity index (χ0v) is 15.5. The molecule has 3 heteroatoms. The zero-order chi connectivity index (χ0) is 17.2. The van der Waals surface area contributed by atoms with E-state index in [0.717, 1.165) is 13.0 Å². The molecule has 0 spiro atoms.